The molecule has 33 heavy (non-hydrogen) atoms. The van der Waals surface area contributed by atoms with Crippen molar-refractivity contribution in [1.82, 2.24) is 10.6 Å². The van der Waals surface area contributed by atoms with E-state index in [2.05, 4.69) is 22.9 Å². The molecule has 0 fully saturated rings. The van der Waals surface area contributed by atoms with Gasteiger partial charge >= 0.3 is 215 Å². The molecule has 0 aliphatic rings. The van der Waals surface area contributed by atoms with Crippen molar-refractivity contribution in [3.63, 3.8) is 0 Å². The van der Waals surface area contributed by atoms with Gasteiger partial charge in [0.25, 0.3) is 0 Å². The molecule has 4 amide bonds. The molecule has 0 radical (unpaired) electrons. The van der Waals surface area contributed by atoms with Gasteiger partial charge in [0.1, 0.15) is 0 Å². The third-order valence-corrected chi connectivity index (χ3v) is 8.52. The molecule has 0 aromatic heterocycles. The van der Waals surface area contributed by atoms with Gasteiger partial charge in [0.15, 0.2) is 0 Å². The summed E-state index contributed by atoms with van der Waals surface area (Å²) in [6, 6.07) is 13.0. The van der Waals surface area contributed by atoms with Crippen LogP contribution in [0.5, 0.6) is 0 Å². The Labute approximate surface area is 214 Å². The maximum atomic E-state index is 13.0. The molecular weight excluding hydrogens is 578 g/mol. The number of alkyl halides is 2. The van der Waals surface area contributed by atoms with E-state index in [4.69, 9.17) is 28.9 Å². The van der Waals surface area contributed by atoms with Gasteiger partial charge in [0, 0.05) is 0 Å². The Balaban J connectivity index is 2.01. The fourth-order valence-electron chi connectivity index (χ4n) is 2.84. The molecular formula is C23H28Cl2IN4O3-. The van der Waals surface area contributed by atoms with Crippen molar-refractivity contribution in [2.75, 3.05) is 9.74 Å². The van der Waals surface area contributed by atoms with Crippen LogP contribution in [0.4, 0.5) is 10.5 Å². The molecule has 0 heterocycles. The molecule has 0 bridgehead atoms. The third-order valence-electron chi connectivity index (χ3n) is 4.64. The van der Waals surface area contributed by atoms with E-state index in [0.717, 1.165) is 22.8 Å². The van der Waals surface area contributed by atoms with Crippen LogP contribution in [-0.4, -0.2) is 32.4 Å². The van der Waals surface area contributed by atoms with Gasteiger partial charge in [-0.1, -0.05) is 0 Å². The molecule has 2 rings (SSSR count). The minimum absolute atomic E-state index is 0.307. The number of nitrogens with two attached hydrogens (primary N) is 1. The van der Waals surface area contributed by atoms with E-state index < -0.39 is 49.1 Å². The number of benzene rings is 2. The summed E-state index contributed by atoms with van der Waals surface area (Å²) < 4.78 is 0.142. The second-order valence-electron chi connectivity index (χ2n) is 7.27. The summed E-state index contributed by atoms with van der Waals surface area (Å²) in [4.78, 5) is 37.5. The summed E-state index contributed by atoms with van der Waals surface area (Å²) >= 11 is 11.2. The molecule has 2 aromatic rings. The monoisotopic (exact) mass is 605 g/mol. The maximum absolute atomic E-state index is 13.0. The molecule has 2 atom stereocenters. The number of hydrogen-bond donors (Lipinski definition) is 4. The zero-order valence-corrected chi connectivity index (χ0v) is 21.9. The van der Waals surface area contributed by atoms with Gasteiger partial charge in [-0.3, -0.25) is 0 Å². The van der Waals surface area contributed by atoms with E-state index in [9.17, 15) is 14.4 Å². The van der Waals surface area contributed by atoms with E-state index in [0.29, 0.717) is 28.6 Å². The van der Waals surface area contributed by atoms with Gasteiger partial charge in [0.2, 0.25) is 0 Å². The first kappa shape index (κ1) is 27.2. The summed E-state index contributed by atoms with van der Waals surface area (Å²) in [6.45, 7) is 2.07. The molecule has 0 saturated heterocycles. The molecule has 180 valence electrons. The van der Waals surface area contributed by atoms with Gasteiger partial charge in [-0.15, -0.1) is 0 Å². The van der Waals surface area contributed by atoms with Crippen LogP contribution in [0.2, 0.25) is 10.0 Å². The second kappa shape index (κ2) is 14.3. The Bertz CT molecular complexity index is 947. The average Bonchev–Trinajstić information content (AvgIpc) is 2.79. The van der Waals surface area contributed by atoms with Crippen LogP contribution in [0.3, 0.4) is 0 Å². The molecule has 0 saturated carbocycles. The number of urea groups is 1. The van der Waals surface area contributed by atoms with Crippen LogP contribution in [0, 0.1) is 0 Å². The Morgan fingerprint density at radius 3 is 2.39 bits per heavy atom. The fourth-order valence-corrected chi connectivity index (χ4v) is 6.04. The molecule has 0 spiro atoms. The van der Waals surface area contributed by atoms with Gasteiger partial charge in [-0.05, 0) is 0 Å². The molecule has 10 heteroatoms. The van der Waals surface area contributed by atoms with Crippen LogP contribution < -0.4 is 42.9 Å². The van der Waals surface area contributed by atoms with E-state index in [-0.39, 0.29) is 0 Å². The minimum atomic E-state index is -0.824. The molecule has 2 aromatic carbocycles. The van der Waals surface area contributed by atoms with Crippen molar-refractivity contribution in [2.24, 2.45) is 5.73 Å². The molecule has 7 nitrogen and oxygen atoms in total. The van der Waals surface area contributed by atoms with Crippen LogP contribution in [0.15, 0.2) is 48.5 Å². The standard InChI is InChI=1S/C23H28Cl2IN4O3/c1-2-3-13-26-20(30-23(33)28-16-10-11-17(24)18(25)14-16)22(32)29-19(21(27)31)12-9-15-7-5-4-6-8-15/h4-8,10-11,14,19-20H,2-3,9,12-13H2,1H3,(H2,27,31)(H,29,32)(H2,28,30,33)/q-1. The molecule has 5 N–H and O–H groups in total. The zero-order valence-electron chi connectivity index (χ0n) is 18.2. The number of carbonyl (C=O) groups excluding carboxylic acids is 3. The van der Waals surface area contributed by atoms with Crippen molar-refractivity contribution >= 4 is 46.7 Å². The van der Waals surface area contributed by atoms with Gasteiger partial charge < -0.3 is 0 Å². The fraction of sp³-hybridized carbons (Fsp3) is 0.348. The predicted molar refractivity (Wildman–Crippen MR) is 128 cm³/mol. The molecule has 2 unspecified atom stereocenters. The number of unbranched alkanes of at least 4 members (excludes halogenated alkanes) is 1. The Morgan fingerprint density at radius 2 is 1.76 bits per heavy atom. The van der Waals surface area contributed by atoms with E-state index in [1.165, 1.54) is 6.07 Å². The number of halogens is 3. The number of nitrogens with one attached hydrogen (secondary N) is 3. The second-order valence-corrected chi connectivity index (χ2v) is 11.3. The van der Waals surface area contributed by atoms with Crippen molar-refractivity contribution in [3.8, 4) is 0 Å². The summed E-state index contributed by atoms with van der Waals surface area (Å²) in [5.74, 6) is -1.01. The average molecular weight is 606 g/mol. The Morgan fingerprint density at radius 1 is 1.03 bits per heavy atom. The van der Waals surface area contributed by atoms with Crippen LogP contribution in [0.1, 0.15) is 31.7 Å². The number of rotatable bonds is 12. The van der Waals surface area contributed by atoms with Crippen LogP contribution in [-0.2, 0) is 16.0 Å². The number of aryl methyl sites for hydroxylation is 1. The quantitative estimate of drug-likeness (QED) is 0.125. The van der Waals surface area contributed by atoms with Gasteiger partial charge in [-0.25, -0.2) is 0 Å². The summed E-state index contributed by atoms with van der Waals surface area (Å²) in [6.07, 6.45) is 2.92. The van der Waals surface area contributed by atoms with Gasteiger partial charge in [-0.2, -0.15) is 0 Å². The zero-order chi connectivity index (χ0) is 24.2. The van der Waals surface area contributed by atoms with Crippen LogP contribution in [0.25, 0.3) is 0 Å². The summed E-state index contributed by atoms with van der Waals surface area (Å²) in [5.41, 5.74) is 7.03. The molecule has 0 aliphatic heterocycles. The Kier molecular flexibility index (Phi) is 11.8. The number of hydrogen-bond acceptors (Lipinski definition) is 3. The van der Waals surface area contributed by atoms with E-state index in [1.54, 1.807) is 12.1 Å². The van der Waals surface area contributed by atoms with E-state index in [1.807, 2.05) is 30.3 Å². The predicted octanol–water partition coefficient (Wildman–Crippen LogP) is 0.933. The number of anilines is 1. The first-order chi connectivity index (χ1) is 15.8. The molecule has 0 aliphatic carbocycles. The van der Waals surface area contributed by atoms with Crippen LogP contribution >= 0.6 is 23.2 Å². The normalized spacial score (nSPS) is 12.6. The Hall–Kier alpha value is -2.04. The van der Waals surface area contributed by atoms with Crippen molar-refractivity contribution in [3.05, 3.63) is 64.1 Å². The number of primary amides is 1. The van der Waals surface area contributed by atoms with Crippen molar-refractivity contribution in [1.29, 1.82) is 0 Å². The van der Waals surface area contributed by atoms with E-state index >= 15 is 0 Å². The first-order valence-corrected chi connectivity index (χ1v) is 14.1. The third kappa shape index (κ3) is 9.77. The number of carbonyl (C=O) groups is 3. The summed E-state index contributed by atoms with van der Waals surface area (Å²) in [5, 5.41) is 8.81. The topological polar surface area (TPSA) is 113 Å². The van der Waals surface area contributed by atoms with Gasteiger partial charge in [0.05, 0.1) is 0 Å². The SMILES string of the molecule is CCCC[I-]C(NC(=O)Nc1ccc(Cl)c(Cl)c1)C(=O)NC(CCc1ccccc1)C(N)=O. The summed E-state index contributed by atoms with van der Waals surface area (Å²) in [7, 11) is 0. The van der Waals surface area contributed by atoms with Crippen molar-refractivity contribution < 1.29 is 35.6 Å². The number of amides is 4. The van der Waals surface area contributed by atoms with Crippen molar-refractivity contribution in [2.45, 2.75) is 42.7 Å². The first-order valence-electron chi connectivity index (χ1n) is 10.5.